The van der Waals surface area contributed by atoms with E-state index in [4.69, 9.17) is 0 Å². The Morgan fingerprint density at radius 3 is 2.39 bits per heavy atom. The van der Waals surface area contributed by atoms with Crippen LogP contribution in [0.15, 0.2) is 23.2 Å². The van der Waals surface area contributed by atoms with Gasteiger partial charge in [0.2, 0.25) is 0 Å². The Balaban J connectivity index is 1.89. The van der Waals surface area contributed by atoms with Crippen LogP contribution in [0.5, 0.6) is 11.5 Å². The molecule has 0 saturated carbocycles. The van der Waals surface area contributed by atoms with Crippen molar-refractivity contribution in [2.24, 2.45) is 5.92 Å². The summed E-state index contributed by atoms with van der Waals surface area (Å²) in [6.07, 6.45) is -13.7. The van der Waals surface area contributed by atoms with Gasteiger partial charge in [-0.15, -0.1) is 0 Å². The minimum atomic E-state index is -4.97. The van der Waals surface area contributed by atoms with E-state index >= 15 is 0 Å². The summed E-state index contributed by atoms with van der Waals surface area (Å²) in [4.78, 5) is 2.08. The van der Waals surface area contributed by atoms with E-state index in [1.165, 1.54) is 0 Å². The average Bonchev–Trinajstić information content (AvgIpc) is 3.13. The molecule has 1 aromatic heterocycles. The largest absolute Gasteiger partial charge is 0.493 e. The summed E-state index contributed by atoms with van der Waals surface area (Å²) < 4.78 is 140. The highest BCUT2D eigenvalue weighted by molar-refractivity contribution is 7.92. The van der Waals surface area contributed by atoms with E-state index in [0.717, 1.165) is 13.3 Å². The van der Waals surface area contributed by atoms with Gasteiger partial charge in [-0.05, 0) is 24.8 Å². The molecule has 184 valence electrons. The van der Waals surface area contributed by atoms with Crippen LogP contribution < -0.4 is 14.2 Å². The molecule has 1 aromatic carbocycles. The van der Waals surface area contributed by atoms with Gasteiger partial charge >= 0.3 is 18.7 Å². The summed E-state index contributed by atoms with van der Waals surface area (Å²) in [5.74, 6) is -4.90. The monoisotopic (exact) mass is 508 g/mol. The van der Waals surface area contributed by atoms with E-state index in [9.17, 15) is 43.5 Å². The molecule has 0 bridgehead atoms. The summed E-state index contributed by atoms with van der Waals surface area (Å²) in [7, 11) is -3.63. The molecule has 15 heteroatoms. The SMILES string of the molecule is COc1cc(NS(=O)(=O)c2c[nH]c3c2CCC(C(F)(F)F)C3)c(F)cc1OC(F)(F)C(F)F. The van der Waals surface area contributed by atoms with Crippen LogP contribution in [-0.2, 0) is 22.9 Å². The zero-order valence-electron chi connectivity index (χ0n) is 16.6. The van der Waals surface area contributed by atoms with Crippen molar-refractivity contribution in [3.63, 3.8) is 0 Å². The zero-order chi connectivity index (χ0) is 24.8. The van der Waals surface area contributed by atoms with E-state index < -0.39 is 69.0 Å². The Hall–Kier alpha value is -2.71. The molecule has 0 aliphatic heterocycles. The van der Waals surface area contributed by atoms with Gasteiger partial charge in [-0.3, -0.25) is 4.72 Å². The van der Waals surface area contributed by atoms with Crippen LogP contribution >= 0.6 is 0 Å². The van der Waals surface area contributed by atoms with Gasteiger partial charge in [0.1, 0.15) is 4.90 Å². The highest BCUT2D eigenvalue weighted by atomic mass is 32.2. The number of aromatic amines is 1. The van der Waals surface area contributed by atoms with Gasteiger partial charge in [0.15, 0.2) is 17.3 Å². The number of halogens is 8. The second-order valence-corrected chi connectivity index (χ2v) is 8.80. The number of methoxy groups -OCH3 is 1. The van der Waals surface area contributed by atoms with Gasteiger partial charge in [-0.25, -0.2) is 12.8 Å². The van der Waals surface area contributed by atoms with Crippen molar-refractivity contribution >= 4 is 15.7 Å². The zero-order valence-corrected chi connectivity index (χ0v) is 17.4. The topological polar surface area (TPSA) is 80.4 Å². The summed E-state index contributed by atoms with van der Waals surface area (Å²) in [5, 5.41) is 0. The number of aromatic nitrogens is 1. The molecule has 1 aliphatic carbocycles. The van der Waals surface area contributed by atoms with E-state index in [0.29, 0.717) is 6.07 Å². The van der Waals surface area contributed by atoms with Crippen LogP contribution in [0.1, 0.15) is 17.7 Å². The third-order valence-corrected chi connectivity index (χ3v) is 6.41. The Kier molecular flexibility index (Phi) is 6.47. The van der Waals surface area contributed by atoms with Gasteiger partial charge in [-0.1, -0.05) is 0 Å². The van der Waals surface area contributed by atoms with Crippen LogP contribution in [0, 0.1) is 11.7 Å². The normalized spacial score (nSPS) is 17.1. The summed E-state index contributed by atoms with van der Waals surface area (Å²) in [5.41, 5.74) is -0.620. The van der Waals surface area contributed by atoms with Crippen molar-refractivity contribution < 1.29 is 53.0 Å². The Morgan fingerprint density at radius 2 is 1.82 bits per heavy atom. The first-order chi connectivity index (χ1) is 15.2. The maximum absolute atomic E-state index is 14.4. The highest BCUT2D eigenvalue weighted by Crippen LogP contribution is 2.40. The number of alkyl halides is 7. The minimum Gasteiger partial charge on any atom is -0.493 e. The van der Waals surface area contributed by atoms with Crippen LogP contribution in [0.2, 0.25) is 0 Å². The molecular formula is C18H16F8N2O4S. The van der Waals surface area contributed by atoms with Gasteiger partial charge in [0.05, 0.1) is 18.7 Å². The lowest BCUT2D eigenvalue weighted by Gasteiger charge is -2.25. The molecule has 1 heterocycles. The molecule has 0 saturated heterocycles. The first kappa shape index (κ1) is 24.9. The van der Waals surface area contributed by atoms with Gasteiger partial charge in [-0.2, -0.15) is 30.7 Å². The third-order valence-electron chi connectivity index (χ3n) is 4.98. The maximum atomic E-state index is 14.4. The van der Waals surface area contributed by atoms with Crippen molar-refractivity contribution in [2.45, 2.75) is 42.9 Å². The Bertz CT molecular complexity index is 1130. The fraction of sp³-hybridized carbons (Fsp3) is 0.444. The first-order valence-corrected chi connectivity index (χ1v) is 10.6. The number of H-pyrrole nitrogens is 1. The predicted molar refractivity (Wildman–Crippen MR) is 97.7 cm³/mol. The lowest BCUT2D eigenvalue weighted by Crippen LogP contribution is -2.33. The summed E-state index contributed by atoms with van der Waals surface area (Å²) in [6.45, 7) is 0. The summed E-state index contributed by atoms with van der Waals surface area (Å²) >= 11 is 0. The molecule has 0 radical (unpaired) electrons. The third kappa shape index (κ3) is 5.12. The molecule has 1 unspecified atom stereocenters. The van der Waals surface area contributed by atoms with Gasteiger partial charge in [0.25, 0.3) is 10.0 Å². The van der Waals surface area contributed by atoms with Gasteiger partial charge < -0.3 is 14.5 Å². The quantitative estimate of drug-likeness (QED) is 0.524. The molecule has 1 atom stereocenters. The van der Waals surface area contributed by atoms with E-state index in [2.05, 4.69) is 14.5 Å². The van der Waals surface area contributed by atoms with Crippen molar-refractivity contribution in [1.29, 1.82) is 0 Å². The van der Waals surface area contributed by atoms with Crippen LogP contribution in [0.3, 0.4) is 0 Å². The lowest BCUT2D eigenvalue weighted by atomic mass is 9.87. The number of ether oxygens (including phenoxy) is 2. The van der Waals surface area contributed by atoms with E-state index in [-0.39, 0.29) is 30.2 Å². The molecule has 0 spiro atoms. The number of benzene rings is 1. The van der Waals surface area contributed by atoms with E-state index in [1.54, 1.807) is 0 Å². The second kappa shape index (κ2) is 8.57. The van der Waals surface area contributed by atoms with Gasteiger partial charge in [0, 0.05) is 24.0 Å². The highest BCUT2D eigenvalue weighted by Gasteiger charge is 2.45. The van der Waals surface area contributed by atoms with Crippen molar-refractivity contribution in [3.05, 3.63) is 35.4 Å². The van der Waals surface area contributed by atoms with Crippen LogP contribution in [-0.4, -0.2) is 39.2 Å². The molecule has 0 fully saturated rings. The number of hydrogen-bond acceptors (Lipinski definition) is 4. The van der Waals surface area contributed by atoms with Crippen LogP contribution in [0.25, 0.3) is 0 Å². The van der Waals surface area contributed by atoms with Crippen molar-refractivity contribution in [1.82, 2.24) is 4.98 Å². The number of fused-ring (bicyclic) bond motifs is 1. The fourth-order valence-electron chi connectivity index (χ4n) is 3.36. The number of rotatable bonds is 7. The number of hydrogen-bond donors (Lipinski definition) is 2. The number of nitrogens with one attached hydrogen (secondary N) is 2. The van der Waals surface area contributed by atoms with Crippen molar-refractivity contribution in [3.8, 4) is 11.5 Å². The maximum Gasteiger partial charge on any atom is 0.461 e. The second-order valence-electron chi connectivity index (χ2n) is 7.14. The smallest absolute Gasteiger partial charge is 0.461 e. The molecule has 2 N–H and O–H groups in total. The fourth-order valence-corrected chi connectivity index (χ4v) is 4.68. The molecular weight excluding hydrogens is 492 g/mol. The van der Waals surface area contributed by atoms with E-state index in [1.807, 2.05) is 4.72 Å². The Morgan fingerprint density at radius 1 is 1.15 bits per heavy atom. The summed E-state index contributed by atoms with van der Waals surface area (Å²) in [6, 6.07) is 0.829. The average molecular weight is 508 g/mol. The molecule has 33 heavy (non-hydrogen) atoms. The standard InChI is InChI=1S/C18H16F8N2O4S/c1-31-13-6-12(10(19)5-14(13)32-18(25,26)16(20)21)28-33(29,30)15-7-27-11-4-8(17(22,23)24)2-3-9(11)15/h5-8,16,27-28H,2-4H2,1H3. The number of anilines is 1. The molecule has 6 nitrogen and oxygen atoms in total. The molecule has 3 rings (SSSR count). The molecule has 0 amide bonds. The predicted octanol–water partition coefficient (Wildman–Crippen LogP) is 4.87. The lowest BCUT2D eigenvalue weighted by molar-refractivity contribution is -0.253. The first-order valence-electron chi connectivity index (χ1n) is 9.17. The van der Waals surface area contributed by atoms with Crippen molar-refractivity contribution in [2.75, 3.05) is 11.8 Å². The molecule has 1 aliphatic rings. The Labute approximate surface area is 181 Å². The van der Waals surface area contributed by atoms with Crippen LogP contribution in [0.4, 0.5) is 40.8 Å². The number of sulfonamides is 1. The minimum absolute atomic E-state index is 0.0694. The molecule has 2 aromatic rings.